The fraction of sp³-hybridized carbons (Fsp3) is 0.727. The van der Waals surface area contributed by atoms with Gasteiger partial charge in [0, 0.05) is 0 Å². The van der Waals surface area contributed by atoms with Gasteiger partial charge in [-0.1, -0.05) is 6.92 Å². The van der Waals surface area contributed by atoms with Crippen LogP contribution in [0.25, 0.3) is 0 Å². The van der Waals surface area contributed by atoms with Crippen molar-refractivity contribution in [1.82, 2.24) is 14.7 Å². The van der Waals surface area contributed by atoms with Crippen LogP contribution in [0.15, 0.2) is 11.1 Å². The lowest BCUT2D eigenvalue weighted by molar-refractivity contribution is 0.275. The maximum absolute atomic E-state index is 5.60. The Labute approximate surface area is 101 Å². The summed E-state index contributed by atoms with van der Waals surface area (Å²) >= 11 is 1.24. The second-order valence-corrected chi connectivity index (χ2v) is 5.24. The summed E-state index contributed by atoms with van der Waals surface area (Å²) in [6.45, 7) is 2.21. The third kappa shape index (κ3) is 2.26. The quantitative estimate of drug-likeness (QED) is 0.802. The van der Waals surface area contributed by atoms with Crippen LogP contribution in [0, 0.1) is 0 Å². The molecule has 1 aromatic heterocycles. The van der Waals surface area contributed by atoms with Crippen LogP contribution < -0.4 is 5.14 Å². The molecule has 16 heavy (non-hydrogen) atoms. The summed E-state index contributed by atoms with van der Waals surface area (Å²) < 4.78 is 2.18. The van der Waals surface area contributed by atoms with E-state index in [1.54, 1.807) is 0 Å². The molecule has 1 fully saturated rings. The van der Waals surface area contributed by atoms with Gasteiger partial charge >= 0.3 is 0 Å². The summed E-state index contributed by atoms with van der Waals surface area (Å²) in [7, 11) is 4.24. The van der Waals surface area contributed by atoms with Crippen molar-refractivity contribution in [2.45, 2.75) is 43.3 Å². The molecule has 0 spiro atoms. The normalized spacial score (nSPS) is 18.1. The van der Waals surface area contributed by atoms with E-state index in [1.165, 1.54) is 30.5 Å². The summed E-state index contributed by atoms with van der Waals surface area (Å²) in [5.41, 5.74) is 1.31. The van der Waals surface area contributed by atoms with E-state index in [2.05, 4.69) is 41.8 Å². The average Bonchev–Trinajstić information content (AvgIpc) is 3.01. The molecule has 2 N–H and O–H groups in total. The smallest absolute Gasteiger partial charge is 0.133 e. The van der Waals surface area contributed by atoms with E-state index in [-0.39, 0.29) is 0 Å². The SMILES string of the molecule is CCC(c1cc(SN)nn1C1CC1)N(C)C. The lowest BCUT2D eigenvalue weighted by Crippen LogP contribution is -2.22. The minimum Gasteiger partial charge on any atom is -0.301 e. The maximum Gasteiger partial charge on any atom is 0.133 e. The summed E-state index contributed by atoms with van der Waals surface area (Å²) in [6.07, 6.45) is 3.61. The number of aromatic nitrogens is 2. The molecule has 0 amide bonds. The number of rotatable bonds is 5. The van der Waals surface area contributed by atoms with Gasteiger partial charge in [0.15, 0.2) is 0 Å². The van der Waals surface area contributed by atoms with E-state index in [9.17, 15) is 0 Å². The zero-order valence-electron chi connectivity index (χ0n) is 10.2. The van der Waals surface area contributed by atoms with Crippen LogP contribution in [0.3, 0.4) is 0 Å². The van der Waals surface area contributed by atoms with Crippen molar-refractivity contribution in [3.8, 4) is 0 Å². The lowest BCUT2D eigenvalue weighted by atomic mass is 10.1. The number of nitrogens with zero attached hydrogens (tertiary/aromatic N) is 3. The van der Waals surface area contributed by atoms with Gasteiger partial charge in [0.25, 0.3) is 0 Å². The third-order valence-electron chi connectivity index (χ3n) is 3.11. The van der Waals surface area contributed by atoms with E-state index < -0.39 is 0 Å². The zero-order valence-corrected chi connectivity index (χ0v) is 11.0. The van der Waals surface area contributed by atoms with Crippen molar-refractivity contribution >= 4 is 11.9 Å². The molecular weight excluding hydrogens is 220 g/mol. The largest absolute Gasteiger partial charge is 0.301 e. The highest BCUT2D eigenvalue weighted by Crippen LogP contribution is 2.38. The standard InChI is InChI=1S/C11H20N4S/c1-4-9(14(2)3)10-7-11(16-12)13-15(10)8-5-6-8/h7-9H,4-6,12H2,1-3H3. The summed E-state index contributed by atoms with van der Waals surface area (Å²) in [5.74, 6) is 0. The maximum atomic E-state index is 5.60. The average molecular weight is 240 g/mol. The monoisotopic (exact) mass is 240 g/mol. The molecule has 1 unspecified atom stereocenters. The Morgan fingerprint density at radius 3 is 2.75 bits per heavy atom. The van der Waals surface area contributed by atoms with Gasteiger partial charge < -0.3 is 4.90 Å². The molecule has 1 aliphatic carbocycles. The Kier molecular flexibility index (Phi) is 3.56. The molecule has 90 valence electrons. The molecule has 0 bridgehead atoms. The Hall–Kier alpha value is -0.520. The van der Waals surface area contributed by atoms with Gasteiger partial charge in [0.2, 0.25) is 0 Å². The number of nitrogens with two attached hydrogens (primary N) is 1. The van der Waals surface area contributed by atoms with Gasteiger partial charge in [-0.15, -0.1) is 0 Å². The molecule has 1 heterocycles. The predicted molar refractivity (Wildman–Crippen MR) is 67.3 cm³/mol. The molecule has 0 aliphatic heterocycles. The minimum absolute atomic E-state index is 0.439. The van der Waals surface area contributed by atoms with Gasteiger partial charge in [0.05, 0.1) is 17.8 Å². The van der Waals surface area contributed by atoms with Crippen molar-refractivity contribution in [2.24, 2.45) is 5.14 Å². The van der Waals surface area contributed by atoms with Gasteiger partial charge in [-0.25, -0.2) is 0 Å². The van der Waals surface area contributed by atoms with Crippen molar-refractivity contribution in [3.63, 3.8) is 0 Å². The second kappa shape index (κ2) is 4.77. The van der Waals surface area contributed by atoms with E-state index in [0.29, 0.717) is 12.1 Å². The van der Waals surface area contributed by atoms with Gasteiger partial charge in [-0.05, 0) is 51.4 Å². The molecule has 0 saturated heterocycles. The molecule has 1 saturated carbocycles. The molecule has 1 aliphatic rings. The Bertz CT molecular complexity index is 357. The summed E-state index contributed by atoms with van der Waals surface area (Å²) in [6, 6.07) is 3.19. The van der Waals surface area contributed by atoms with Gasteiger partial charge in [-0.2, -0.15) is 5.10 Å². The van der Waals surface area contributed by atoms with E-state index in [4.69, 9.17) is 5.14 Å². The highest BCUT2D eigenvalue weighted by atomic mass is 32.2. The van der Waals surface area contributed by atoms with Crippen LogP contribution in [0.2, 0.25) is 0 Å². The first kappa shape index (κ1) is 12.0. The van der Waals surface area contributed by atoms with Crippen LogP contribution in [-0.4, -0.2) is 28.8 Å². The molecular formula is C11H20N4S. The predicted octanol–water partition coefficient (Wildman–Crippen LogP) is 2.20. The number of hydrogen-bond acceptors (Lipinski definition) is 4. The zero-order chi connectivity index (χ0) is 11.7. The fourth-order valence-corrected chi connectivity index (χ4v) is 2.47. The Morgan fingerprint density at radius 1 is 1.62 bits per heavy atom. The van der Waals surface area contributed by atoms with E-state index in [0.717, 1.165) is 11.4 Å². The van der Waals surface area contributed by atoms with Crippen LogP contribution >= 0.6 is 11.9 Å². The van der Waals surface area contributed by atoms with Crippen LogP contribution in [-0.2, 0) is 0 Å². The lowest BCUT2D eigenvalue weighted by Gasteiger charge is -2.23. The highest BCUT2D eigenvalue weighted by molar-refractivity contribution is 7.97. The van der Waals surface area contributed by atoms with Gasteiger partial charge in [0.1, 0.15) is 5.03 Å². The third-order valence-corrected chi connectivity index (χ3v) is 3.55. The first-order valence-electron chi connectivity index (χ1n) is 5.80. The number of hydrogen-bond donors (Lipinski definition) is 1. The molecule has 2 rings (SSSR count). The van der Waals surface area contributed by atoms with E-state index >= 15 is 0 Å². The topological polar surface area (TPSA) is 47.1 Å². The van der Waals surface area contributed by atoms with Crippen LogP contribution in [0.5, 0.6) is 0 Å². The summed E-state index contributed by atoms with van der Waals surface area (Å²) in [5, 5.41) is 11.1. The molecule has 0 aromatic carbocycles. The van der Waals surface area contributed by atoms with Crippen molar-refractivity contribution in [2.75, 3.05) is 14.1 Å². The minimum atomic E-state index is 0.439. The Balaban J connectivity index is 2.32. The molecule has 5 heteroatoms. The molecule has 1 atom stereocenters. The highest BCUT2D eigenvalue weighted by Gasteiger charge is 2.30. The van der Waals surface area contributed by atoms with E-state index in [1.807, 2.05) is 0 Å². The fourth-order valence-electron chi connectivity index (χ4n) is 2.14. The molecule has 1 aromatic rings. The first-order valence-corrected chi connectivity index (χ1v) is 6.68. The van der Waals surface area contributed by atoms with Crippen molar-refractivity contribution in [3.05, 3.63) is 11.8 Å². The molecule has 4 nitrogen and oxygen atoms in total. The second-order valence-electron chi connectivity index (χ2n) is 4.59. The van der Waals surface area contributed by atoms with Crippen LogP contribution in [0.1, 0.15) is 44.0 Å². The van der Waals surface area contributed by atoms with Crippen molar-refractivity contribution < 1.29 is 0 Å². The first-order chi connectivity index (χ1) is 7.67. The Morgan fingerprint density at radius 2 is 2.31 bits per heavy atom. The summed E-state index contributed by atoms with van der Waals surface area (Å²) in [4.78, 5) is 2.25. The molecule has 0 radical (unpaired) electrons. The van der Waals surface area contributed by atoms with Crippen LogP contribution in [0.4, 0.5) is 0 Å². The van der Waals surface area contributed by atoms with Crippen molar-refractivity contribution in [1.29, 1.82) is 0 Å². The van der Waals surface area contributed by atoms with Gasteiger partial charge in [-0.3, -0.25) is 9.82 Å².